The minimum atomic E-state index is 0.280. The third kappa shape index (κ3) is 3.65. The van der Waals surface area contributed by atoms with Crippen LogP contribution in [0.4, 0.5) is 0 Å². The number of aliphatic hydroxyl groups is 1. The lowest BCUT2D eigenvalue weighted by molar-refractivity contribution is -0.00719. The van der Waals surface area contributed by atoms with Crippen molar-refractivity contribution in [2.24, 2.45) is 5.41 Å². The summed E-state index contributed by atoms with van der Waals surface area (Å²) in [7, 11) is 2.03. The second-order valence-electron chi connectivity index (χ2n) is 5.57. The van der Waals surface area contributed by atoms with E-state index >= 15 is 0 Å². The van der Waals surface area contributed by atoms with Gasteiger partial charge in [-0.15, -0.1) is 0 Å². The topological polar surface area (TPSA) is 44.7 Å². The lowest BCUT2D eigenvalue weighted by Gasteiger charge is -2.41. The lowest BCUT2D eigenvalue weighted by Crippen LogP contribution is -2.48. The summed E-state index contributed by atoms with van der Waals surface area (Å²) >= 11 is 0. The van der Waals surface area contributed by atoms with Crippen molar-refractivity contribution in [2.75, 3.05) is 46.5 Å². The van der Waals surface area contributed by atoms with Gasteiger partial charge in [-0.25, -0.2) is 0 Å². The van der Waals surface area contributed by atoms with E-state index < -0.39 is 0 Å². The molecule has 0 aromatic heterocycles. The van der Waals surface area contributed by atoms with Crippen LogP contribution in [0.15, 0.2) is 0 Å². The number of ether oxygens (including phenoxy) is 1. The summed E-state index contributed by atoms with van der Waals surface area (Å²) in [6.07, 6.45) is 4.91. The van der Waals surface area contributed by atoms with Crippen LogP contribution in [0.2, 0.25) is 0 Å². The molecule has 2 N–H and O–H groups in total. The molecule has 0 spiro atoms. The SMILES string of the molecule is CNCC1(CN(CCO)C2CC2)CCOCC1. The number of nitrogens with zero attached hydrogens (tertiary/aromatic N) is 1. The van der Waals surface area contributed by atoms with Crippen LogP contribution in [0.25, 0.3) is 0 Å². The van der Waals surface area contributed by atoms with E-state index in [-0.39, 0.29) is 6.61 Å². The first-order chi connectivity index (χ1) is 8.29. The fourth-order valence-corrected chi connectivity index (χ4v) is 2.96. The number of aliphatic hydroxyl groups excluding tert-OH is 1. The fourth-order valence-electron chi connectivity index (χ4n) is 2.96. The highest BCUT2D eigenvalue weighted by Gasteiger charge is 2.38. The van der Waals surface area contributed by atoms with Gasteiger partial charge < -0.3 is 15.2 Å². The van der Waals surface area contributed by atoms with Crippen molar-refractivity contribution >= 4 is 0 Å². The molecule has 4 nitrogen and oxygen atoms in total. The van der Waals surface area contributed by atoms with Crippen LogP contribution in [-0.4, -0.2) is 62.6 Å². The van der Waals surface area contributed by atoms with Gasteiger partial charge >= 0.3 is 0 Å². The molecule has 0 amide bonds. The zero-order valence-corrected chi connectivity index (χ0v) is 11.0. The van der Waals surface area contributed by atoms with Gasteiger partial charge in [-0.3, -0.25) is 4.90 Å². The van der Waals surface area contributed by atoms with E-state index in [1.807, 2.05) is 7.05 Å². The summed E-state index contributed by atoms with van der Waals surface area (Å²) in [6, 6.07) is 0.735. The monoisotopic (exact) mass is 242 g/mol. The molecule has 1 saturated carbocycles. The average Bonchev–Trinajstić information content (AvgIpc) is 3.14. The smallest absolute Gasteiger partial charge is 0.0558 e. The molecule has 2 rings (SSSR count). The third-order valence-corrected chi connectivity index (χ3v) is 4.09. The normalized spacial score (nSPS) is 24.2. The maximum atomic E-state index is 9.17. The fraction of sp³-hybridized carbons (Fsp3) is 1.00. The highest BCUT2D eigenvalue weighted by atomic mass is 16.5. The Kier molecular flexibility index (Phi) is 4.79. The van der Waals surface area contributed by atoms with Crippen LogP contribution in [-0.2, 0) is 4.74 Å². The standard InChI is InChI=1S/C13H26N2O2/c1-14-10-13(4-8-17-9-5-13)11-15(6-7-16)12-2-3-12/h12,14,16H,2-11H2,1H3. The molecule has 1 aliphatic carbocycles. The Bertz CT molecular complexity index is 220. The summed E-state index contributed by atoms with van der Waals surface area (Å²) in [6.45, 7) is 5.06. The van der Waals surface area contributed by atoms with Crippen molar-refractivity contribution in [1.82, 2.24) is 10.2 Å². The van der Waals surface area contributed by atoms with Gasteiger partial charge in [0.25, 0.3) is 0 Å². The van der Waals surface area contributed by atoms with Gasteiger partial charge in [-0.2, -0.15) is 0 Å². The largest absolute Gasteiger partial charge is 0.395 e. The molecule has 0 aromatic rings. The van der Waals surface area contributed by atoms with Crippen LogP contribution in [0.3, 0.4) is 0 Å². The van der Waals surface area contributed by atoms with E-state index in [9.17, 15) is 5.11 Å². The number of hydrogen-bond acceptors (Lipinski definition) is 4. The number of nitrogens with one attached hydrogen (secondary N) is 1. The van der Waals surface area contributed by atoms with Gasteiger partial charge in [0, 0.05) is 38.9 Å². The quantitative estimate of drug-likeness (QED) is 0.681. The summed E-state index contributed by atoms with van der Waals surface area (Å²) in [4.78, 5) is 2.49. The van der Waals surface area contributed by atoms with Gasteiger partial charge in [-0.1, -0.05) is 0 Å². The Hall–Kier alpha value is -0.160. The van der Waals surface area contributed by atoms with E-state index in [2.05, 4.69) is 10.2 Å². The maximum Gasteiger partial charge on any atom is 0.0558 e. The molecule has 0 unspecified atom stereocenters. The lowest BCUT2D eigenvalue weighted by atomic mass is 9.79. The Balaban J connectivity index is 1.94. The van der Waals surface area contributed by atoms with E-state index in [1.165, 1.54) is 12.8 Å². The molecule has 17 heavy (non-hydrogen) atoms. The molecule has 4 heteroatoms. The van der Waals surface area contributed by atoms with Gasteiger partial charge in [-0.05, 0) is 38.1 Å². The molecule has 1 saturated heterocycles. The highest BCUT2D eigenvalue weighted by molar-refractivity contribution is 4.92. The molecule has 0 atom stereocenters. The second-order valence-corrected chi connectivity index (χ2v) is 5.57. The molecule has 0 radical (unpaired) electrons. The summed E-state index contributed by atoms with van der Waals surface area (Å²) in [5.41, 5.74) is 0.352. The first-order valence-corrected chi connectivity index (χ1v) is 6.87. The average molecular weight is 242 g/mol. The summed E-state index contributed by atoms with van der Waals surface area (Å²) in [5.74, 6) is 0. The van der Waals surface area contributed by atoms with Crippen molar-refractivity contribution in [2.45, 2.75) is 31.7 Å². The molecule has 0 aromatic carbocycles. The molecule has 1 heterocycles. The van der Waals surface area contributed by atoms with Crippen molar-refractivity contribution in [3.05, 3.63) is 0 Å². The predicted molar refractivity (Wildman–Crippen MR) is 68.1 cm³/mol. The second kappa shape index (κ2) is 6.14. The maximum absolute atomic E-state index is 9.17. The van der Waals surface area contributed by atoms with Crippen molar-refractivity contribution < 1.29 is 9.84 Å². The zero-order valence-electron chi connectivity index (χ0n) is 11.0. The zero-order chi connectivity index (χ0) is 12.1. The molecular formula is C13H26N2O2. The number of rotatable bonds is 7. The van der Waals surface area contributed by atoms with Crippen molar-refractivity contribution in [3.63, 3.8) is 0 Å². The van der Waals surface area contributed by atoms with Crippen molar-refractivity contribution in [1.29, 1.82) is 0 Å². The van der Waals surface area contributed by atoms with Gasteiger partial charge in [0.05, 0.1) is 6.61 Å². The Morgan fingerprint density at radius 3 is 2.59 bits per heavy atom. The van der Waals surface area contributed by atoms with Crippen LogP contribution in [0, 0.1) is 5.41 Å². The van der Waals surface area contributed by atoms with Crippen LogP contribution < -0.4 is 5.32 Å². The van der Waals surface area contributed by atoms with E-state index in [0.717, 1.165) is 51.7 Å². The van der Waals surface area contributed by atoms with E-state index in [4.69, 9.17) is 4.74 Å². The summed E-state index contributed by atoms with van der Waals surface area (Å²) < 4.78 is 5.49. The predicted octanol–water partition coefficient (Wildman–Crippen LogP) is 0.459. The van der Waals surface area contributed by atoms with E-state index in [0.29, 0.717) is 5.41 Å². The first kappa shape index (κ1) is 13.3. The van der Waals surface area contributed by atoms with Crippen LogP contribution >= 0.6 is 0 Å². The number of hydrogen-bond donors (Lipinski definition) is 2. The Morgan fingerprint density at radius 2 is 2.06 bits per heavy atom. The highest BCUT2D eigenvalue weighted by Crippen LogP contribution is 2.35. The Labute approximate surface area is 104 Å². The Morgan fingerprint density at radius 1 is 1.35 bits per heavy atom. The van der Waals surface area contributed by atoms with Gasteiger partial charge in [0.1, 0.15) is 0 Å². The van der Waals surface area contributed by atoms with Crippen LogP contribution in [0.5, 0.6) is 0 Å². The molecule has 100 valence electrons. The molecule has 1 aliphatic heterocycles. The van der Waals surface area contributed by atoms with E-state index in [1.54, 1.807) is 0 Å². The van der Waals surface area contributed by atoms with Crippen LogP contribution in [0.1, 0.15) is 25.7 Å². The molecule has 2 aliphatic rings. The molecule has 2 fully saturated rings. The minimum Gasteiger partial charge on any atom is -0.395 e. The third-order valence-electron chi connectivity index (χ3n) is 4.09. The minimum absolute atomic E-state index is 0.280. The first-order valence-electron chi connectivity index (χ1n) is 6.87. The van der Waals surface area contributed by atoms with Crippen molar-refractivity contribution in [3.8, 4) is 0 Å². The van der Waals surface area contributed by atoms with Gasteiger partial charge in [0.2, 0.25) is 0 Å². The van der Waals surface area contributed by atoms with Gasteiger partial charge in [0.15, 0.2) is 0 Å². The molecule has 0 bridgehead atoms. The molecular weight excluding hydrogens is 216 g/mol. The summed E-state index contributed by atoms with van der Waals surface area (Å²) in [5, 5.41) is 12.5.